The first-order valence-corrected chi connectivity index (χ1v) is 5.25. The summed E-state index contributed by atoms with van der Waals surface area (Å²) in [5.74, 6) is 0. The first-order valence-electron chi connectivity index (χ1n) is 5.25. The number of pyridine rings is 1. The van der Waals surface area contributed by atoms with Crippen LogP contribution in [0.5, 0.6) is 0 Å². The molecule has 5 nitrogen and oxygen atoms in total. The summed E-state index contributed by atoms with van der Waals surface area (Å²) < 4.78 is 1.05. The summed E-state index contributed by atoms with van der Waals surface area (Å²) in [6, 6.07) is 1.84. The Morgan fingerprint density at radius 2 is 2.24 bits per heavy atom. The van der Waals surface area contributed by atoms with Gasteiger partial charge >= 0.3 is 5.69 Å². The molecule has 2 heterocycles. The van der Waals surface area contributed by atoms with Crippen molar-refractivity contribution >= 4 is 11.0 Å². The maximum Gasteiger partial charge on any atom is 0.329 e. The van der Waals surface area contributed by atoms with Crippen molar-refractivity contribution < 1.29 is 0 Å². The molecule has 0 spiro atoms. The van der Waals surface area contributed by atoms with Gasteiger partial charge in [0.05, 0.1) is 5.39 Å². The van der Waals surface area contributed by atoms with Crippen LogP contribution in [-0.4, -0.2) is 14.5 Å². The van der Waals surface area contributed by atoms with E-state index < -0.39 is 5.69 Å². The molecule has 0 bridgehead atoms. The Kier molecular flexibility index (Phi) is 2.67. The summed E-state index contributed by atoms with van der Waals surface area (Å²) in [4.78, 5) is 30.3. The topological polar surface area (TPSA) is 67.8 Å². The number of aromatic nitrogens is 3. The number of nitrogens with zero attached hydrogens (tertiary/aromatic N) is 2. The number of nitrogens with one attached hydrogen (secondary N) is 1. The van der Waals surface area contributed by atoms with Crippen LogP contribution in [0.2, 0.25) is 0 Å². The molecule has 2 aromatic rings. The third kappa shape index (κ3) is 1.80. The summed E-state index contributed by atoms with van der Waals surface area (Å²) in [7, 11) is 1.44. The van der Waals surface area contributed by atoms with Crippen molar-refractivity contribution in [3.05, 3.63) is 50.8 Å². The van der Waals surface area contributed by atoms with E-state index in [0.717, 1.165) is 15.8 Å². The monoisotopic (exact) mass is 231 g/mol. The number of fused-ring (bicyclic) bond motifs is 1. The predicted octanol–water partition coefficient (Wildman–Crippen LogP) is 0.659. The lowest BCUT2D eigenvalue weighted by molar-refractivity contribution is 0.789. The highest BCUT2D eigenvalue weighted by molar-refractivity contribution is 5.77. The zero-order valence-corrected chi connectivity index (χ0v) is 9.78. The molecule has 0 radical (unpaired) electrons. The third-order valence-corrected chi connectivity index (χ3v) is 2.67. The normalized spacial score (nSPS) is 10.7. The van der Waals surface area contributed by atoms with Crippen molar-refractivity contribution in [3.63, 3.8) is 0 Å². The van der Waals surface area contributed by atoms with Crippen LogP contribution < -0.4 is 11.2 Å². The van der Waals surface area contributed by atoms with Crippen molar-refractivity contribution in [2.45, 2.75) is 13.3 Å². The largest absolute Gasteiger partial charge is 0.329 e. The molecule has 0 aliphatic heterocycles. The molecule has 5 heteroatoms. The number of rotatable bonds is 2. The molecule has 17 heavy (non-hydrogen) atoms. The number of aromatic amines is 1. The van der Waals surface area contributed by atoms with Crippen LogP contribution in [0.3, 0.4) is 0 Å². The second-order valence-electron chi connectivity index (χ2n) is 3.94. The second-order valence-corrected chi connectivity index (χ2v) is 3.94. The van der Waals surface area contributed by atoms with Crippen LogP contribution >= 0.6 is 0 Å². The molecule has 0 atom stereocenters. The summed E-state index contributed by atoms with van der Waals surface area (Å²) in [6.07, 6.45) is 2.33. The fourth-order valence-electron chi connectivity index (χ4n) is 1.80. The molecular formula is C12H13N3O2. The van der Waals surface area contributed by atoms with Crippen molar-refractivity contribution in [1.29, 1.82) is 0 Å². The zero-order valence-electron chi connectivity index (χ0n) is 9.78. The van der Waals surface area contributed by atoms with Gasteiger partial charge in [-0.05, 0) is 18.6 Å². The number of hydrogen-bond donors (Lipinski definition) is 1. The smallest absolute Gasteiger partial charge is 0.291 e. The van der Waals surface area contributed by atoms with Crippen molar-refractivity contribution in [1.82, 2.24) is 14.5 Å². The van der Waals surface area contributed by atoms with Gasteiger partial charge in [-0.3, -0.25) is 14.3 Å². The molecule has 0 amide bonds. The summed E-state index contributed by atoms with van der Waals surface area (Å²) >= 11 is 0. The lowest BCUT2D eigenvalue weighted by atomic mass is 10.1. The highest BCUT2D eigenvalue weighted by Crippen LogP contribution is 2.11. The highest BCUT2D eigenvalue weighted by atomic mass is 16.2. The van der Waals surface area contributed by atoms with Gasteiger partial charge in [-0.2, -0.15) is 0 Å². The number of hydrogen-bond acceptors (Lipinski definition) is 3. The molecule has 2 rings (SSSR count). The van der Waals surface area contributed by atoms with Crippen LogP contribution in [0.1, 0.15) is 11.3 Å². The van der Waals surface area contributed by atoms with Gasteiger partial charge in [-0.1, -0.05) is 6.08 Å². The van der Waals surface area contributed by atoms with Gasteiger partial charge in [0.1, 0.15) is 5.65 Å². The standard InChI is InChI=1S/C12H13N3O2/c1-4-5-8-6-7(2)9-10(13-8)14-12(17)15(3)11(9)16/h4,6H,1,5H2,2-3H3,(H,13,14,17). The fourth-order valence-corrected chi connectivity index (χ4v) is 1.80. The highest BCUT2D eigenvalue weighted by Gasteiger charge is 2.09. The maximum atomic E-state index is 11.9. The molecule has 88 valence electrons. The van der Waals surface area contributed by atoms with Crippen molar-refractivity contribution in [2.75, 3.05) is 0 Å². The van der Waals surface area contributed by atoms with Crippen LogP contribution in [-0.2, 0) is 13.5 Å². The van der Waals surface area contributed by atoms with Crippen LogP contribution in [0, 0.1) is 6.92 Å². The Hall–Kier alpha value is -2.17. The molecule has 0 aliphatic rings. The molecule has 0 saturated carbocycles. The van der Waals surface area contributed by atoms with Gasteiger partial charge in [-0.15, -0.1) is 6.58 Å². The van der Waals surface area contributed by atoms with E-state index in [2.05, 4.69) is 16.5 Å². The Morgan fingerprint density at radius 3 is 2.88 bits per heavy atom. The molecule has 2 aromatic heterocycles. The van der Waals surface area contributed by atoms with Crippen molar-refractivity contribution in [3.8, 4) is 0 Å². The maximum absolute atomic E-state index is 11.9. The lowest BCUT2D eigenvalue weighted by Crippen LogP contribution is -2.33. The number of aryl methyl sites for hydroxylation is 1. The SMILES string of the molecule is C=CCc1cc(C)c2c(=O)n(C)c(=O)[nH]c2n1. The Labute approximate surface area is 97.4 Å². The van der Waals surface area contributed by atoms with Gasteiger partial charge in [-0.25, -0.2) is 9.78 Å². The Morgan fingerprint density at radius 1 is 1.53 bits per heavy atom. The second kappa shape index (κ2) is 4.01. The first kappa shape index (κ1) is 11.3. The van der Waals surface area contributed by atoms with Gasteiger partial charge in [0.15, 0.2) is 0 Å². The Bertz CT molecular complexity index is 710. The molecule has 0 unspecified atom stereocenters. The number of allylic oxidation sites excluding steroid dienone is 1. The molecule has 0 fully saturated rings. The third-order valence-electron chi connectivity index (χ3n) is 2.67. The van der Waals surface area contributed by atoms with E-state index in [9.17, 15) is 9.59 Å². The van der Waals surface area contributed by atoms with E-state index in [0.29, 0.717) is 17.5 Å². The van der Waals surface area contributed by atoms with Crippen LogP contribution in [0.4, 0.5) is 0 Å². The lowest BCUT2D eigenvalue weighted by Gasteiger charge is -2.05. The molecule has 1 N–H and O–H groups in total. The van der Waals surface area contributed by atoms with E-state index in [-0.39, 0.29) is 5.56 Å². The zero-order chi connectivity index (χ0) is 12.6. The van der Waals surface area contributed by atoms with Crippen molar-refractivity contribution in [2.24, 2.45) is 7.05 Å². The quantitative estimate of drug-likeness (QED) is 0.772. The van der Waals surface area contributed by atoms with Crippen LogP contribution in [0.25, 0.3) is 11.0 Å². The average Bonchev–Trinajstić information content (AvgIpc) is 2.25. The molecule has 0 aromatic carbocycles. The van der Waals surface area contributed by atoms with Gasteiger partial charge < -0.3 is 0 Å². The van der Waals surface area contributed by atoms with Crippen LogP contribution in [0.15, 0.2) is 28.3 Å². The number of H-pyrrole nitrogens is 1. The van der Waals surface area contributed by atoms with E-state index in [1.165, 1.54) is 7.05 Å². The van der Waals surface area contributed by atoms with E-state index in [1.807, 2.05) is 13.0 Å². The predicted molar refractivity (Wildman–Crippen MR) is 66.2 cm³/mol. The minimum Gasteiger partial charge on any atom is -0.291 e. The average molecular weight is 231 g/mol. The Balaban J connectivity index is 2.91. The fraction of sp³-hybridized carbons (Fsp3) is 0.250. The molecular weight excluding hydrogens is 218 g/mol. The van der Waals surface area contributed by atoms with E-state index in [4.69, 9.17) is 0 Å². The minimum absolute atomic E-state index is 0.320. The molecule has 0 aliphatic carbocycles. The summed E-state index contributed by atoms with van der Waals surface area (Å²) in [6.45, 7) is 5.47. The first-order chi connectivity index (χ1) is 8.04. The molecule has 0 saturated heterocycles. The van der Waals surface area contributed by atoms with E-state index >= 15 is 0 Å². The summed E-state index contributed by atoms with van der Waals surface area (Å²) in [5, 5.41) is 0.458. The minimum atomic E-state index is -0.454. The summed E-state index contributed by atoms with van der Waals surface area (Å²) in [5.41, 5.74) is 1.16. The van der Waals surface area contributed by atoms with E-state index in [1.54, 1.807) is 6.08 Å². The van der Waals surface area contributed by atoms with Gasteiger partial charge in [0.25, 0.3) is 5.56 Å². The van der Waals surface area contributed by atoms with Gasteiger partial charge in [0, 0.05) is 19.2 Å². The van der Waals surface area contributed by atoms with Gasteiger partial charge in [0.2, 0.25) is 0 Å².